The summed E-state index contributed by atoms with van der Waals surface area (Å²) in [6, 6.07) is 24.7. The van der Waals surface area contributed by atoms with Gasteiger partial charge < -0.3 is 4.90 Å². The molecule has 0 saturated carbocycles. The van der Waals surface area contributed by atoms with Crippen LogP contribution in [0.15, 0.2) is 77.3 Å². The van der Waals surface area contributed by atoms with Crippen molar-refractivity contribution in [1.82, 2.24) is 0 Å². The Hall–Kier alpha value is -2.82. The number of nitrogens with zero attached hydrogens (tertiary/aromatic N) is 2. The van der Waals surface area contributed by atoms with Gasteiger partial charge in [-0.15, -0.1) is 0 Å². The summed E-state index contributed by atoms with van der Waals surface area (Å²) in [4.78, 5) is 2.00. The van der Waals surface area contributed by atoms with Crippen LogP contribution in [-0.2, 0) is 16.6 Å². The van der Waals surface area contributed by atoms with Crippen molar-refractivity contribution < 1.29 is 8.42 Å². The van der Waals surface area contributed by atoms with Crippen LogP contribution in [0.4, 0.5) is 11.4 Å². The maximum Gasteiger partial charge on any atom is 0.229 e. The molecule has 30 heavy (non-hydrogen) atoms. The molecule has 0 saturated heterocycles. The van der Waals surface area contributed by atoms with Gasteiger partial charge in [0, 0.05) is 16.7 Å². The molecule has 0 amide bonds. The second-order valence-electron chi connectivity index (χ2n) is 6.99. The van der Waals surface area contributed by atoms with E-state index in [9.17, 15) is 13.7 Å². The molecular formula is C23H22BrN3O2S. The second kappa shape index (κ2) is 9.33. The van der Waals surface area contributed by atoms with Crippen molar-refractivity contribution in [3.8, 4) is 6.07 Å². The minimum atomic E-state index is -3.43. The highest BCUT2D eigenvalue weighted by atomic mass is 79.9. The normalized spacial score (nSPS) is 12.1. The lowest BCUT2D eigenvalue weighted by molar-refractivity contribution is 0.606. The minimum absolute atomic E-state index is 0.470. The first-order chi connectivity index (χ1) is 14.3. The van der Waals surface area contributed by atoms with Gasteiger partial charge in [-0.2, -0.15) is 5.26 Å². The summed E-state index contributed by atoms with van der Waals surface area (Å²) in [5.74, 6) is 0. The van der Waals surface area contributed by atoms with Gasteiger partial charge in [-0.1, -0.05) is 70.5 Å². The average Bonchev–Trinajstić information content (AvgIpc) is 2.71. The van der Waals surface area contributed by atoms with Crippen LogP contribution in [0.25, 0.3) is 0 Å². The van der Waals surface area contributed by atoms with E-state index in [2.05, 4.69) is 26.7 Å². The topological polar surface area (TPSA) is 73.2 Å². The molecule has 0 aromatic heterocycles. The Morgan fingerprint density at radius 2 is 1.70 bits per heavy atom. The van der Waals surface area contributed by atoms with Gasteiger partial charge in [0.05, 0.1) is 18.0 Å². The predicted octanol–water partition coefficient (Wildman–Crippen LogP) is 5.40. The summed E-state index contributed by atoms with van der Waals surface area (Å²) < 4.78 is 27.1. The van der Waals surface area contributed by atoms with E-state index >= 15 is 0 Å². The van der Waals surface area contributed by atoms with Crippen LogP contribution in [0.5, 0.6) is 0 Å². The Labute approximate surface area is 186 Å². The van der Waals surface area contributed by atoms with Crippen LogP contribution in [0.3, 0.4) is 0 Å². The number of rotatable bonds is 7. The molecule has 0 aliphatic carbocycles. The van der Waals surface area contributed by atoms with Gasteiger partial charge in [0.15, 0.2) is 0 Å². The molecule has 154 valence electrons. The van der Waals surface area contributed by atoms with Gasteiger partial charge in [0.25, 0.3) is 0 Å². The van der Waals surface area contributed by atoms with E-state index in [1.54, 1.807) is 12.1 Å². The van der Waals surface area contributed by atoms with Gasteiger partial charge >= 0.3 is 0 Å². The summed E-state index contributed by atoms with van der Waals surface area (Å²) in [7, 11) is -3.43. The fraction of sp³-hybridized carbons (Fsp3) is 0.174. The molecule has 0 heterocycles. The maximum atomic E-state index is 11.8. The monoisotopic (exact) mass is 483 g/mol. The molecule has 7 heteroatoms. The highest BCUT2D eigenvalue weighted by Crippen LogP contribution is 2.35. The Balaban J connectivity index is 2.14. The highest BCUT2D eigenvalue weighted by Gasteiger charge is 2.24. The molecular weight excluding hydrogens is 462 g/mol. The van der Waals surface area contributed by atoms with Crippen molar-refractivity contribution in [2.45, 2.75) is 19.5 Å². The minimum Gasteiger partial charge on any atom is -0.347 e. The molecule has 1 atom stereocenters. The third kappa shape index (κ3) is 5.21. The number of sulfonamides is 1. The van der Waals surface area contributed by atoms with E-state index in [-0.39, 0.29) is 0 Å². The third-order valence-corrected chi connectivity index (χ3v) is 6.12. The first-order valence-electron chi connectivity index (χ1n) is 9.32. The van der Waals surface area contributed by atoms with E-state index in [0.717, 1.165) is 33.1 Å². The number of halogens is 1. The largest absolute Gasteiger partial charge is 0.347 e. The van der Waals surface area contributed by atoms with Crippen LogP contribution >= 0.6 is 15.9 Å². The molecule has 1 N–H and O–H groups in total. The van der Waals surface area contributed by atoms with Gasteiger partial charge in [-0.3, -0.25) is 4.72 Å². The van der Waals surface area contributed by atoms with Crippen LogP contribution in [0.2, 0.25) is 0 Å². The van der Waals surface area contributed by atoms with E-state index in [1.165, 1.54) is 0 Å². The molecule has 3 aromatic carbocycles. The lowest BCUT2D eigenvalue weighted by atomic mass is 10.0. The van der Waals surface area contributed by atoms with Gasteiger partial charge in [-0.05, 0) is 41.8 Å². The van der Waals surface area contributed by atoms with Crippen molar-refractivity contribution in [2.75, 3.05) is 15.9 Å². The van der Waals surface area contributed by atoms with E-state index in [0.29, 0.717) is 12.2 Å². The van der Waals surface area contributed by atoms with Crippen LogP contribution in [0.1, 0.15) is 22.7 Å². The molecule has 0 aliphatic rings. The second-order valence-corrected chi connectivity index (χ2v) is 9.59. The van der Waals surface area contributed by atoms with Crippen molar-refractivity contribution in [2.24, 2.45) is 0 Å². The molecule has 1 unspecified atom stereocenters. The highest BCUT2D eigenvalue weighted by molar-refractivity contribution is 9.10. The molecule has 0 aliphatic heterocycles. The van der Waals surface area contributed by atoms with E-state index in [1.807, 2.05) is 72.5 Å². The molecule has 0 spiro atoms. The zero-order valence-electron chi connectivity index (χ0n) is 16.7. The van der Waals surface area contributed by atoms with E-state index in [4.69, 9.17) is 0 Å². The van der Waals surface area contributed by atoms with Crippen LogP contribution in [0, 0.1) is 18.3 Å². The first-order valence-corrected chi connectivity index (χ1v) is 12.0. The van der Waals surface area contributed by atoms with Gasteiger partial charge in [-0.25, -0.2) is 8.42 Å². The number of nitriles is 1. The van der Waals surface area contributed by atoms with E-state index < -0.39 is 16.1 Å². The summed E-state index contributed by atoms with van der Waals surface area (Å²) in [5.41, 5.74) is 3.93. The lowest BCUT2D eigenvalue weighted by Gasteiger charge is -2.32. The summed E-state index contributed by atoms with van der Waals surface area (Å²) in [5, 5.41) is 10.1. The average molecular weight is 484 g/mol. The molecule has 0 radical (unpaired) electrons. The zero-order chi connectivity index (χ0) is 21.7. The van der Waals surface area contributed by atoms with Gasteiger partial charge in [0.2, 0.25) is 10.0 Å². The van der Waals surface area contributed by atoms with Gasteiger partial charge in [0.1, 0.15) is 6.04 Å². The summed E-state index contributed by atoms with van der Waals surface area (Å²) in [6.45, 7) is 2.33. The lowest BCUT2D eigenvalue weighted by Crippen LogP contribution is -2.28. The number of benzene rings is 3. The Morgan fingerprint density at radius 1 is 1.03 bits per heavy atom. The van der Waals surface area contributed by atoms with Crippen LogP contribution < -0.4 is 9.62 Å². The fourth-order valence-electron chi connectivity index (χ4n) is 3.33. The van der Waals surface area contributed by atoms with Crippen molar-refractivity contribution in [3.05, 3.63) is 94.0 Å². The number of hydrogen-bond donors (Lipinski definition) is 1. The van der Waals surface area contributed by atoms with Crippen molar-refractivity contribution in [1.29, 1.82) is 5.26 Å². The molecule has 3 rings (SSSR count). The molecule has 5 nitrogen and oxygen atoms in total. The quantitative estimate of drug-likeness (QED) is 0.488. The number of anilines is 2. The Morgan fingerprint density at radius 3 is 2.33 bits per heavy atom. The standard InChI is InChI=1S/C23H22BrN3O2S/c1-17-21(26-30(2,28)29)13-8-14-22(17)27(16-19-11-6-7-12-20(19)24)23(15-25)18-9-4-3-5-10-18/h3-14,23,26H,16H2,1-2H3. The fourth-order valence-corrected chi connectivity index (χ4v) is 4.36. The van der Waals surface area contributed by atoms with Crippen molar-refractivity contribution in [3.63, 3.8) is 0 Å². The van der Waals surface area contributed by atoms with Crippen LogP contribution in [-0.4, -0.2) is 14.7 Å². The third-order valence-electron chi connectivity index (χ3n) is 4.76. The molecule has 0 bridgehead atoms. The zero-order valence-corrected chi connectivity index (χ0v) is 19.1. The van der Waals surface area contributed by atoms with Crippen molar-refractivity contribution >= 4 is 37.3 Å². The first kappa shape index (κ1) is 21.9. The summed E-state index contributed by atoms with van der Waals surface area (Å²) >= 11 is 3.60. The maximum absolute atomic E-state index is 11.8. The Bertz CT molecular complexity index is 1170. The molecule has 0 fully saturated rings. The predicted molar refractivity (Wildman–Crippen MR) is 125 cm³/mol. The smallest absolute Gasteiger partial charge is 0.229 e. The SMILES string of the molecule is Cc1c(NS(C)(=O)=O)cccc1N(Cc1ccccc1Br)C(C#N)c1ccccc1. The summed E-state index contributed by atoms with van der Waals surface area (Å²) in [6.07, 6.45) is 1.13. The Kier molecular flexibility index (Phi) is 6.80. The number of hydrogen-bond acceptors (Lipinski definition) is 4. The number of nitrogens with one attached hydrogen (secondary N) is 1. The molecule has 3 aromatic rings.